The minimum absolute atomic E-state index is 0.0800. The molecular formula is C16H18N2OS. The van der Waals surface area contributed by atoms with Crippen LogP contribution in [0.1, 0.15) is 6.42 Å². The van der Waals surface area contributed by atoms with Gasteiger partial charge in [-0.15, -0.1) is 0 Å². The lowest BCUT2D eigenvalue weighted by Gasteiger charge is -2.26. The van der Waals surface area contributed by atoms with E-state index in [0.29, 0.717) is 0 Å². The summed E-state index contributed by atoms with van der Waals surface area (Å²) in [4.78, 5) is 14.7. The average Bonchev–Trinajstić information content (AvgIpc) is 2.95. The molecule has 0 atom stereocenters. The summed E-state index contributed by atoms with van der Waals surface area (Å²) in [5, 5.41) is 3.07. The van der Waals surface area contributed by atoms with Gasteiger partial charge in [-0.25, -0.2) is 0 Å². The van der Waals surface area contributed by atoms with E-state index in [4.69, 9.17) is 0 Å². The fraction of sp³-hybridized carbons (Fsp3) is 0.438. The van der Waals surface area contributed by atoms with E-state index in [0.717, 1.165) is 43.7 Å². The number of hydrogen-bond acceptors (Lipinski definition) is 3. The molecule has 0 bridgehead atoms. The maximum absolute atomic E-state index is 12.3. The van der Waals surface area contributed by atoms with Crippen LogP contribution >= 0.6 is 11.8 Å². The van der Waals surface area contributed by atoms with Crippen molar-refractivity contribution < 1.29 is 4.79 Å². The molecule has 4 rings (SSSR count). The van der Waals surface area contributed by atoms with Crippen LogP contribution in [0.2, 0.25) is 0 Å². The molecule has 1 aliphatic heterocycles. The Hall–Kier alpha value is -1.26. The monoisotopic (exact) mass is 286 g/mol. The summed E-state index contributed by atoms with van der Waals surface area (Å²) in [7, 11) is 0. The van der Waals surface area contributed by atoms with Crippen molar-refractivity contribution >= 4 is 17.7 Å². The minimum atomic E-state index is 0.0800. The molecule has 1 heterocycles. The first kappa shape index (κ1) is 12.5. The highest BCUT2D eigenvalue weighted by atomic mass is 32.2. The third-order valence-corrected chi connectivity index (χ3v) is 5.27. The summed E-state index contributed by atoms with van der Waals surface area (Å²) >= 11 is 2.02. The van der Waals surface area contributed by atoms with Crippen molar-refractivity contribution in [2.45, 2.75) is 6.42 Å². The molecule has 0 aromatic carbocycles. The smallest absolute Gasteiger partial charge is 0.251 e. The van der Waals surface area contributed by atoms with Gasteiger partial charge < -0.3 is 5.32 Å². The number of nitrogens with zero attached hydrogens (tertiary/aromatic N) is 1. The molecule has 104 valence electrons. The maximum Gasteiger partial charge on any atom is 0.251 e. The van der Waals surface area contributed by atoms with Crippen LogP contribution in [0.3, 0.4) is 0 Å². The fourth-order valence-corrected chi connectivity index (χ4v) is 4.06. The first-order valence-corrected chi connectivity index (χ1v) is 8.43. The van der Waals surface area contributed by atoms with Gasteiger partial charge in [0.1, 0.15) is 0 Å². The van der Waals surface area contributed by atoms with Gasteiger partial charge in [-0.3, -0.25) is 9.69 Å². The lowest BCUT2D eigenvalue weighted by Crippen LogP contribution is -2.39. The van der Waals surface area contributed by atoms with Gasteiger partial charge in [0.15, 0.2) is 0 Å². The summed E-state index contributed by atoms with van der Waals surface area (Å²) in [6.07, 6.45) is 7.38. The van der Waals surface area contributed by atoms with E-state index < -0.39 is 0 Å². The van der Waals surface area contributed by atoms with Crippen molar-refractivity contribution in [2.75, 3.05) is 37.7 Å². The number of thioether (sulfide) groups is 1. The zero-order chi connectivity index (χ0) is 13.5. The van der Waals surface area contributed by atoms with Gasteiger partial charge in [-0.1, -0.05) is 6.08 Å². The Morgan fingerprint density at radius 2 is 2.10 bits per heavy atom. The molecule has 2 fully saturated rings. The highest BCUT2D eigenvalue weighted by Gasteiger charge is 2.35. The zero-order valence-electron chi connectivity index (χ0n) is 11.4. The van der Waals surface area contributed by atoms with Crippen molar-refractivity contribution in [2.24, 2.45) is 0 Å². The summed E-state index contributed by atoms with van der Waals surface area (Å²) in [6, 6.07) is 0. The van der Waals surface area contributed by atoms with E-state index in [2.05, 4.69) is 22.4 Å². The highest BCUT2D eigenvalue weighted by molar-refractivity contribution is 7.99. The predicted molar refractivity (Wildman–Crippen MR) is 82.7 cm³/mol. The summed E-state index contributed by atoms with van der Waals surface area (Å²) < 4.78 is 0. The van der Waals surface area contributed by atoms with Crippen LogP contribution < -0.4 is 5.32 Å². The van der Waals surface area contributed by atoms with E-state index >= 15 is 0 Å². The average molecular weight is 286 g/mol. The number of rotatable bonds is 4. The largest absolute Gasteiger partial charge is 0.351 e. The van der Waals surface area contributed by atoms with Crippen molar-refractivity contribution in [1.29, 1.82) is 0 Å². The van der Waals surface area contributed by atoms with E-state index in [-0.39, 0.29) is 5.91 Å². The molecule has 0 unspecified atom stereocenters. The van der Waals surface area contributed by atoms with Crippen LogP contribution in [0, 0.1) is 0 Å². The van der Waals surface area contributed by atoms with Gasteiger partial charge in [-0.05, 0) is 40.9 Å². The Morgan fingerprint density at radius 3 is 2.95 bits per heavy atom. The molecule has 1 saturated carbocycles. The van der Waals surface area contributed by atoms with Crippen molar-refractivity contribution in [3.05, 3.63) is 46.1 Å². The lowest BCUT2D eigenvalue weighted by atomic mass is 10.1. The number of carbonyl (C=O) groups excluding carboxylic acids is 1. The van der Waals surface area contributed by atoms with Crippen LogP contribution in [0.5, 0.6) is 0 Å². The van der Waals surface area contributed by atoms with Gasteiger partial charge in [0.05, 0.1) is 0 Å². The molecule has 0 spiro atoms. The Morgan fingerprint density at radius 1 is 1.25 bits per heavy atom. The molecule has 4 aliphatic rings. The minimum Gasteiger partial charge on any atom is -0.351 e. The second-order valence-corrected chi connectivity index (χ2v) is 6.83. The molecule has 3 nitrogen and oxygen atoms in total. The summed E-state index contributed by atoms with van der Waals surface area (Å²) in [6.45, 7) is 4.01. The fourth-order valence-electron chi connectivity index (χ4n) is 3.08. The molecule has 4 heteroatoms. The molecule has 1 N–H and O–H groups in total. The Labute approximate surface area is 123 Å². The first-order chi connectivity index (χ1) is 9.83. The number of nitrogens with one attached hydrogen (secondary N) is 1. The highest BCUT2D eigenvalue weighted by Crippen LogP contribution is 2.51. The quantitative estimate of drug-likeness (QED) is 0.853. The lowest BCUT2D eigenvalue weighted by molar-refractivity contribution is -0.117. The zero-order valence-corrected chi connectivity index (χ0v) is 12.3. The van der Waals surface area contributed by atoms with E-state index in [1.54, 1.807) is 0 Å². The van der Waals surface area contributed by atoms with Crippen LogP contribution in [0.15, 0.2) is 46.1 Å². The maximum atomic E-state index is 12.3. The second kappa shape index (κ2) is 4.93. The number of fused-ring (bicyclic) bond motifs is 2. The third-order valence-electron chi connectivity index (χ3n) is 4.33. The second-order valence-electron chi connectivity index (χ2n) is 5.61. The molecular weight excluding hydrogens is 268 g/mol. The molecule has 0 radical (unpaired) electrons. The van der Waals surface area contributed by atoms with E-state index in [1.807, 2.05) is 17.8 Å². The third kappa shape index (κ3) is 2.17. The molecule has 0 aromatic heterocycles. The Kier molecular flexibility index (Phi) is 3.08. The van der Waals surface area contributed by atoms with Crippen LogP contribution in [-0.4, -0.2) is 48.5 Å². The molecule has 20 heavy (non-hydrogen) atoms. The number of allylic oxidation sites excluding steroid dienone is 6. The molecule has 3 aliphatic carbocycles. The molecule has 0 aromatic rings. The van der Waals surface area contributed by atoms with Crippen LogP contribution in [0.25, 0.3) is 0 Å². The van der Waals surface area contributed by atoms with Gasteiger partial charge in [0.25, 0.3) is 5.91 Å². The van der Waals surface area contributed by atoms with Crippen LogP contribution in [0.4, 0.5) is 0 Å². The Bertz CT molecular complexity index is 592. The van der Waals surface area contributed by atoms with Crippen LogP contribution in [-0.2, 0) is 4.79 Å². The predicted octanol–water partition coefficient (Wildman–Crippen LogP) is 1.66. The van der Waals surface area contributed by atoms with Crippen molar-refractivity contribution in [3.63, 3.8) is 0 Å². The van der Waals surface area contributed by atoms with E-state index in [1.165, 1.54) is 28.2 Å². The first-order valence-electron chi connectivity index (χ1n) is 7.28. The van der Waals surface area contributed by atoms with Crippen molar-refractivity contribution in [1.82, 2.24) is 10.2 Å². The Balaban J connectivity index is 1.33. The molecule has 1 amide bonds. The van der Waals surface area contributed by atoms with Gasteiger partial charge >= 0.3 is 0 Å². The van der Waals surface area contributed by atoms with Gasteiger partial charge in [0, 0.05) is 43.3 Å². The SMILES string of the molecule is O=C(NCCN1CCSCC1)C1=C2C=C3CC3=C2C=C1. The topological polar surface area (TPSA) is 32.3 Å². The van der Waals surface area contributed by atoms with E-state index in [9.17, 15) is 4.79 Å². The number of amides is 1. The summed E-state index contributed by atoms with van der Waals surface area (Å²) in [5.74, 6) is 2.52. The standard InChI is InChI=1S/C16H18N2OS/c19-16(17-3-4-18-5-7-20-8-6-18)13-2-1-12-14-9-11(14)10-15(12)13/h1-2,10H,3-9H2,(H,17,19). The number of carbonyl (C=O) groups is 1. The number of hydrogen-bond donors (Lipinski definition) is 1. The van der Waals surface area contributed by atoms with Gasteiger partial charge in [-0.2, -0.15) is 11.8 Å². The molecule has 1 saturated heterocycles. The normalized spacial score (nSPS) is 23.9. The van der Waals surface area contributed by atoms with Crippen molar-refractivity contribution in [3.8, 4) is 0 Å². The van der Waals surface area contributed by atoms with Gasteiger partial charge in [0.2, 0.25) is 0 Å². The summed E-state index contributed by atoms with van der Waals surface area (Å²) in [5.41, 5.74) is 6.16.